The van der Waals surface area contributed by atoms with E-state index in [1.165, 1.54) is 0 Å². The van der Waals surface area contributed by atoms with E-state index in [9.17, 15) is 9.90 Å². The predicted octanol–water partition coefficient (Wildman–Crippen LogP) is 2.91. The maximum Gasteiger partial charge on any atom is 0.322 e. The zero-order valence-corrected chi connectivity index (χ0v) is 14.2. The number of carbonyl (C=O) groups is 1. The van der Waals surface area contributed by atoms with Crippen LogP contribution in [-0.2, 0) is 0 Å². The summed E-state index contributed by atoms with van der Waals surface area (Å²) < 4.78 is 5.35. The molecule has 0 unspecified atom stereocenters. The molecule has 1 aliphatic carbocycles. The second-order valence-corrected chi connectivity index (χ2v) is 6.86. The van der Waals surface area contributed by atoms with Crippen LogP contribution in [-0.4, -0.2) is 45.4 Å². The molecular formula is C18H22N4O3. The molecule has 2 aromatic rings. The molecule has 1 aliphatic heterocycles. The summed E-state index contributed by atoms with van der Waals surface area (Å²) in [5.74, 6) is 1.76. The van der Waals surface area contributed by atoms with E-state index < -0.39 is 0 Å². The molecule has 0 radical (unpaired) electrons. The number of aliphatic hydroxyl groups is 1. The summed E-state index contributed by atoms with van der Waals surface area (Å²) in [5, 5.41) is 16.3. The van der Waals surface area contributed by atoms with Crippen molar-refractivity contribution in [1.29, 1.82) is 0 Å². The SMILES string of the molecule is Cc1cc(-c2nc(C3CC3)no2)ccc1NC(=O)N1CCC[C@H]1CO. The highest BCUT2D eigenvalue weighted by atomic mass is 16.5. The molecule has 1 aromatic heterocycles. The molecule has 2 amide bonds. The van der Waals surface area contributed by atoms with Crippen LogP contribution >= 0.6 is 0 Å². The molecule has 2 fully saturated rings. The molecule has 132 valence electrons. The highest BCUT2D eigenvalue weighted by Crippen LogP contribution is 2.39. The standard InChI is InChI=1S/C18H22N4O3/c1-11-9-13(17-20-16(21-25-17)12-4-5-12)6-7-15(11)19-18(24)22-8-2-3-14(22)10-23/h6-7,9,12,14,23H,2-5,8,10H2,1H3,(H,19,24)/t14-/m0/s1. The molecule has 7 heteroatoms. The first-order valence-electron chi connectivity index (χ1n) is 8.79. The topological polar surface area (TPSA) is 91.5 Å². The second-order valence-electron chi connectivity index (χ2n) is 6.86. The first kappa shape index (κ1) is 16.1. The first-order chi connectivity index (χ1) is 12.2. The van der Waals surface area contributed by atoms with Crippen molar-refractivity contribution in [1.82, 2.24) is 15.0 Å². The van der Waals surface area contributed by atoms with Gasteiger partial charge in [0.25, 0.3) is 5.89 Å². The van der Waals surface area contributed by atoms with Crippen molar-refractivity contribution in [3.05, 3.63) is 29.6 Å². The molecule has 1 aromatic carbocycles. The molecule has 2 N–H and O–H groups in total. The Hall–Kier alpha value is -2.41. The number of aryl methyl sites for hydroxylation is 1. The lowest BCUT2D eigenvalue weighted by Crippen LogP contribution is -2.40. The van der Waals surface area contributed by atoms with Crippen molar-refractivity contribution in [2.24, 2.45) is 0 Å². The lowest BCUT2D eigenvalue weighted by Gasteiger charge is -2.23. The van der Waals surface area contributed by atoms with Crippen LogP contribution < -0.4 is 5.32 Å². The van der Waals surface area contributed by atoms with Crippen LogP contribution in [0.1, 0.15) is 43.0 Å². The Balaban J connectivity index is 1.48. The lowest BCUT2D eigenvalue weighted by atomic mass is 10.1. The maximum absolute atomic E-state index is 12.4. The molecule has 1 saturated carbocycles. The fourth-order valence-corrected chi connectivity index (χ4v) is 3.28. The van der Waals surface area contributed by atoms with E-state index in [0.29, 0.717) is 18.4 Å². The van der Waals surface area contributed by atoms with Gasteiger partial charge in [0, 0.05) is 23.7 Å². The van der Waals surface area contributed by atoms with E-state index in [2.05, 4.69) is 15.5 Å². The fourth-order valence-electron chi connectivity index (χ4n) is 3.28. The van der Waals surface area contributed by atoms with Crippen LogP contribution in [0.3, 0.4) is 0 Å². The Morgan fingerprint density at radius 2 is 2.24 bits per heavy atom. The van der Waals surface area contributed by atoms with Crippen LogP contribution in [0.4, 0.5) is 10.5 Å². The first-order valence-corrected chi connectivity index (χ1v) is 8.79. The minimum Gasteiger partial charge on any atom is -0.394 e. The second kappa shape index (κ2) is 6.48. The Morgan fingerprint density at radius 1 is 1.40 bits per heavy atom. The van der Waals surface area contributed by atoms with Gasteiger partial charge in [-0.1, -0.05) is 5.16 Å². The number of likely N-dealkylation sites (tertiary alicyclic amines) is 1. The normalized spacial score (nSPS) is 20.1. The third-order valence-electron chi connectivity index (χ3n) is 4.95. The molecule has 7 nitrogen and oxygen atoms in total. The average Bonchev–Trinajstić information content (AvgIpc) is 3.15. The third kappa shape index (κ3) is 3.24. The highest BCUT2D eigenvalue weighted by Gasteiger charge is 2.29. The largest absolute Gasteiger partial charge is 0.394 e. The van der Waals surface area contributed by atoms with Gasteiger partial charge in [0.1, 0.15) is 0 Å². The van der Waals surface area contributed by atoms with Gasteiger partial charge in [-0.05, 0) is 56.4 Å². The monoisotopic (exact) mass is 342 g/mol. The zero-order chi connectivity index (χ0) is 17.4. The minimum atomic E-state index is -0.166. The molecular weight excluding hydrogens is 320 g/mol. The third-order valence-corrected chi connectivity index (χ3v) is 4.95. The molecule has 1 saturated heterocycles. The van der Waals surface area contributed by atoms with E-state index in [1.54, 1.807) is 4.90 Å². The average molecular weight is 342 g/mol. The summed E-state index contributed by atoms with van der Waals surface area (Å²) >= 11 is 0. The van der Waals surface area contributed by atoms with Gasteiger partial charge >= 0.3 is 6.03 Å². The molecule has 2 aliphatic rings. The number of aromatic nitrogens is 2. The Morgan fingerprint density at radius 3 is 2.96 bits per heavy atom. The summed E-state index contributed by atoms with van der Waals surface area (Å²) in [5.41, 5.74) is 2.53. The quantitative estimate of drug-likeness (QED) is 0.891. The number of amides is 2. The van der Waals surface area contributed by atoms with Crippen molar-refractivity contribution < 1.29 is 14.4 Å². The molecule has 1 atom stereocenters. The van der Waals surface area contributed by atoms with Gasteiger partial charge in [0.05, 0.1) is 12.6 Å². The van der Waals surface area contributed by atoms with Gasteiger partial charge in [-0.15, -0.1) is 0 Å². The predicted molar refractivity (Wildman–Crippen MR) is 92.3 cm³/mol. The summed E-state index contributed by atoms with van der Waals surface area (Å²) in [4.78, 5) is 18.6. The van der Waals surface area contributed by atoms with Gasteiger partial charge in [-0.25, -0.2) is 4.79 Å². The number of rotatable bonds is 4. The van der Waals surface area contributed by atoms with Gasteiger partial charge in [-0.2, -0.15) is 4.98 Å². The molecule has 0 bridgehead atoms. The number of hydrogen-bond acceptors (Lipinski definition) is 5. The summed E-state index contributed by atoms with van der Waals surface area (Å²) in [6.45, 7) is 2.62. The summed E-state index contributed by atoms with van der Waals surface area (Å²) in [7, 11) is 0. The van der Waals surface area contributed by atoms with E-state index in [1.807, 2.05) is 25.1 Å². The highest BCUT2D eigenvalue weighted by molar-refractivity contribution is 5.91. The zero-order valence-electron chi connectivity index (χ0n) is 14.2. The summed E-state index contributed by atoms with van der Waals surface area (Å²) in [6, 6.07) is 5.42. The number of nitrogens with one attached hydrogen (secondary N) is 1. The van der Waals surface area contributed by atoms with E-state index >= 15 is 0 Å². The van der Waals surface area contributed by atoms with Crippen LogP contribution in [0.15, 0.2) is 22.7 Å². The van der Waals surface area contributed by atoms with Crippen molar-refractivity contribution >= 4 is 11.7 Å². The van der Waals surface area contributed by atoms with Gasteiger partial charge in [0.15, 0.2) is 5.82 Å². The number of urea groups is 1. The van der Waals surface area contributed by atoms with E-state index in [4.69, 9.17) is 4.52 Å². The number of aliphatic hydroxyl groups excluding tert-OH is 1. The van der Waals surface area contributed by atoms with Crippen LogP contribution in [0.2, 0.25) is 0 Å². The number of benzene rings is 1. The number of hydrogen-bond donors (Lipinski definition) is 2. The van der Waals surface area contributed by atoms with Crippen LogP contribution in [0.5, 0.6) is 0 Å². The van der Waals surface area contributed by atoms with Gasteiger partial charge in [0.2, 0.25) is 0 Å². The number of anilines is 1. The molecule has 2 heterocycles. The minimum absolute atomic E-state index is 0.00578. The van der Waals surface area contributed by atoms with Crippen LogP contribution in [0.25, 0.3) is 11.5 Å². The Labute approximate surface area is 146 Å². The van der Waals surface area contributed by atoms with Crippen molar-refractivity contribution in [2.75, 3.05) is 18.5 Å². The fraction of sp³-hybridized carbons (Fsp3) is 0.500. The van der Waals surface area contributed by atoms with Gasteiger partial charge < -0.3 is 19.8 Å². The molecule has 4 rings (SSSR count). The van der Waals surface area contributed by atoms with Crippen molar-refractivity contribution in [2.45, 2.75) is 44.6 Å². The molecule has 25 heavy (non-hydrogen) atoms. The van der Waals surface area contributed by atoms with Crippen molar-refractivity contribution in [3.8, 4) is 11.5 Å². The number of carbonyl (C=O) groups excluding carboxylic acids is 1. The van der Waals surface area contributed by atoms with Crippen molar-refractivity contribution in [3.63, 3.8) is 0 Å². The number of nitrogens with zero attached hydrogens (tertiary/aromatic N) is 3. The van der Waals surface area contributed by atoms with Crippen LogP contribution in [0, 0.1) is 6.92 Å². The Kier molecular flexibility index (Phi) is 4.17. The molecule has 0 spiro atoms. The van der Waals surface area contributed by atoms with E-state index in [-0.39, 0.29) is 18.7 Å². The maximum atomic E-state index is 12.4. The van der Waals surface area contributed by atoms with Gasteiger partial charge in [-0.3, -0.25) is 0 Å². The lowest BCUT2D eigenvalue weighted by molar-refractivity contribution is 0.166. The smallest absolute Gasteiger partial charge is 0.322 e. The Bertz CT molecular complexity index is 784. The van der Waals surface area contributed by atoms with E-state index in [0.717, 1.165) is 48.3 Å². The summed E-state index contributed by atoms with van der Waals surface area (Å²) in [6.07, 6.45) is 4.04.